The highest BCUT2D eigenvalue weighted by Crippen LogP contribution is 2.26. The zero-order chi connectivity index (χ0) is 13.4. The predicted molar refractivity (Wildman–Crippen MR) is 67.6 cm³/mol. The van der Waals surface area contributed by atoms with Gasteiger partial charge in [-0.2, -0.15) is 5.10 Å². The van der Waals surface area contributed by atoms with E-state index in [0.29, 0.717) is 11.3 Å². The summed E-state index contributed by atoms with van der Waals surface area (Å²) in [5.41, 5.74) is 3.64. The molecule has 0 fully saturated rings. The number of aryl methyl sites for hydroxylation is 1. The fourth-order valence-corrected chi connectivity index (χ4v) is 2.07. The van der Waals surface area contributed by atoms with Crippen molar-refractivity contribution in [3.8, 4) is 11.1 Å². The van der Waals surface area contributed by atoms with E-state index in [2.05, 4.69) is 10.1 Å². The number of carboxylic acids is 1. The first-order valence-electron chi connectivity index (χ1n) is 5.71. The van der Waals surface area contributed by atoms with Crippen molar-refractivity contribution in [3.05, 3.63) is 36.5 Å². The average molecular weight is 257 g/mol. The standard InChI is InChI=1S/C13H11N3O3/c1-16-6-9(11(15-16)5-13(17)18)8-2-3-10-12(4-8)19-7-14-10/h2-4,6-7H,5H2,1H3,(H,17,18). The third-order valence-electron chi connectivity index (χ3n) is 2.87. The van der Waals surface area contributed by atoms with Crippen LogP contribution in [0.3, 0.4) is 0 Å². The maximum Gasteiger partial charge on any atom is 0.309 e. The van der Waals surface area contributed by atoms with Crippen molar-refractivity contribution in [2.75, 3.05) is 0 Å². The molecule has 0 bridgehead atoms. The van der Waals surface area contributed by atoms with Gasteiger partial charge in [-0.15, -0.1) is 0 Å². The Hall–Kier alpha value is -2.63. The van der Waals surface area contributed by atoms with Gasteiger partial charge in [0.1, 0.15) is 5.52 Å². The monoisotopic (exact) mass is 257 g/mol. The normalized spacial score (nSPS) is 11.0. The molecule has 0 aliphatic carbocycles. The van der Waals surface area contributed by atoms with Crippen LogP contribution in [0.4, 0.5) is 0 Å². The van der Waals surface area contributed by atoms with Gasteiger partial charge in [-0.25, -0.2) is 4.98 Å². The van der Waals surface area contributed by atoms with E-state index in [-0.39, 0.29) is 6.42 Å². The Balaban J connectivity index is 2.11. The van der Waals surface area contributed by atoms with Crippen molar-refractivity contribution < 1.29 is 14.3 Å². The zero-order valence-electron chi connectivity index (χ0n) is 10.2. The van der Waals surface area contributed by atoms with Crippen LogP contribution in [0.1, 0.15) is 5.69 Å². The molecule has 0 amide bonds. The van der Waals surface area contributed by atoms with Crippen LogP contribution < -0.4 is 0 Å². The minimum absolute atomic E-state index is 0.107. The molecular weight excluding hydrogens is 246 g/mol. The molecule has 0 aliphatic rings. The molecule has 2 aromatic heterocycles. The van der Waals surface area contributed by atoms with E-state index in [9.17, 15) is 4.79 Å². The molecule has 0 saturated carbocycles. The van der Waals surface area contributed by atoms with E-state index in [0.717, 1.165) is 16.6 Å². The van der Waals surface area contributed by atoms with Crippen molar-refractivity contribution >= 4 is 17.1 Å². The van der Waals surface area contributed by atoms with Gasteiger partial charge in [0, 0.05) is 18.8 Å². The summed E-state index contributed by atoms with van der Waals surface area (Å²) in [7, 11) is 1.77. The molecule has 0 spiro atoms. The van der Waals surface area contributed by atoms with E-state index in [4.69, 9.17) is 9.52 Å². The topological polar surface area (TPSA) is 81.2 Å². The Morgan fingerprint density at radius 2 is 2.32 bits per heavy atom. The summed E-state index contributed by atoms with van der Waals surface area (Å²) in [6.07, 6.45) is 3.08. The SMILES string of the molecule is Cn1cc(-c2ccc3ncoc3c2)c(CC(=O)O)n1. The van der Waals surface area contributed by atoms with Crippen molar-refractivity contribution in [1.29, 1.82) is 0 Å². The van der Waals surface area contributed by atoms with Gasteiger partial charge in [-0.3, -0.25) is 9.48 Å². The fourth-order valence-electron chi connectivity index (χ4n) is 2.07. The van der Waals surface area contributed by atoms with Crippen LogP contribution in [0.15, 0.2) is 35.2 Å². The third kappa shape index (κ3) is 2.08. The molecule has 0 aliphatic heterocycles. The molecule has 6 heteroatoms. The van der Waals surface area contributed by atoms with E-state index < -0.39 is 5.97 Å². The van der Waals surface area contributed by atoms with Gasteiger partial charge >= 0.3 is 5.97 Å². The second-order valence-electron chi connectivity index (χ2n) is 4.27. The molecule has 0 saturated heterocycles. The van der Waals surface area contributed by atoms with E-state index in [1.807, 2.05) is 18.2 Å². The number of oxazole rings is 1. The summed E-state index contributed by atoms with van der Waals surface area (Å²) in [4.78, 5) is 14.9. The summed E-state index contributed by atoms with van der Waals surface area (Å²) in [5, 5.41) is 13.1. The fraction of sp³-hybridized carbons (Fsp3) is 0.154. The van der Waals surface area contributed by atoms with Crippen molar-refractivity contribution in [1.82, 2.24) is 14.8 Å². The number of carbonyl (C=O) groups is 1. The molecule has 1 aromatic carbocycles. The Morgan fingerprint density at radius 1 is 1.47 bits per heavy atom. The highest BCUT2D eigenvalue weighted by atomic mass is 16.4. The lowest BCUT2D eigenvalue weighted by Gasteiger charge is -2.00. The Bertz CT molecular complexity index is 757. The lowest BCUT2D eigenvalue weighted by Crippen LogP contribution is -2.02. The number of aliphatic carboxylic acids is 1. The Labute approximate surface area is 108 Å². The first-order valence-corrected chi connectivity index (χ1v) is 5.71. The van der Waals surface area contributed by atoms with Gasteiger partial charge in [0.15, 0.2) is 12.0 Å². The van der Waals surface area contributed by atoms with Crippen LogP contribution in [0.5, 0.6) is 0 Å². The molecule has 3 aromatic rings. The average Bonchev–Trinajstić information content (AvgIpc) is 2.93. The van der Waals surface area contributed by atoms with E-state index >= 15 is 0 Å². The number of hydrogen-bond donors (Lipinski definition) is 1. The summed E-state index contributed by atoms with van der Waals surface area (Å²) in [5.74, 6) is -0.902. The van der Waals surface area contributed by atoms with Crippen LogP contribution in [-0.4, -0.2) is 25.8 Å². The molecule has 2 heterocycles. The van der Waals surface area contributed by atoms with Crippen molar-refractivity contribution in [2.45, 2.75) is 6.42 Å². The number of carboxylic acid groups (broad SMARTS) is 1. The van der Waals surface area contributed by atoms with Crippen LogP contribution in [-0.2, 0) is 18.3 Å². The molecule has 1 N–H and O–H groups in total. The Morgan fingerprint density at radius 3 is 3.11 bits per heavy atom. The molecule has 0 radical (unpaired) electrons. The molecule has 6 nitrogen and oxygen atoms in total. The lowest BCUT2D eigenvalue weighted by molar-refractivity contribution is -0.136. The lowest BCUT2D eigenvalue weighted by atomic mass is 10.0. The molecular formula is C13H11N3O3. The van der Waals surface area contributed by atoms with Crippen LogP contribution >= 0.6 is 0 Å². The summed E-state index contributed by atoms with van der Waals surface area (Å²) >= 11 is 0. The number of rotatable bonds is 3. The second kappa shape index (κ2) is 4.24. The number of hydrogen-bond acceptors (Lipinski definition) is 4. The molecule has 0 unspecified atom stereocenters. The molecule has 96 valence electrons. The molecule has 0 atom stereocenters. The van der Waals surface area contributed by atoms with Crippen LogP contribution in [0.25, 0.3) is 22.2 Å². The predicted octanol–water partition coefficient (Wildman–Crippen LogP) is 1.86. The highest BCUT2D eigenvalue weighted by Gasteiger charge is 2.14. The van der Waals surface area contributed by atoms with Gasteiger partial charge < -0.3 is 9.52 Å². The van der Waals surface area contributed by atoms with Gasteiger partial charge in [0.2, 0.25) is 0 Å². The minimum Gasteiger partial charge on any atom is -0.481 e. The second-order valence-corrected chi connectivity index (χ2v) is 4.27. The van der Waals surface area contributed by atoms with E-state index in [1.54, 1.807) is 17.9 Å². The van der Waals surface area contributed by atoms with Crippen molar-refractivity contribution in [2.24, 2.45) is 7.05 Å². The Kier molecular flexibility index (Phi) is 2.56. The quantitative estimate of drug-likeness (QED) is 0.774. The maximum absolute atomic E-state index is 10.9. The van der Waals surface area contributed by atoms with Gasteiger partial charge in [-0.05, 0) is 17.7 Å². The maximum atomic E-state index is 10.9. The van der Waals surface area contributed by atoms with Crippen LogP contribution in [0, 0.1) is 0 Å². The van der Waals surface area contributed by atoms with Gasteiger partial charge in [-0.1, -0.05) is 6.07 Å². The number of fused-ring (bicyclic) bond motifs is 1. The largest absolute Gasteiger partial charge is 0.481 e. The summed E-state index contributed by atoms with van der Waals surface area (Å²) in [6, 6.07) is 5.56. The number of aromatic nitrogens is 3. The molecule has 3 rings (SSSR count). The summed E-state index contributed by atoms with van der Waals surface area (Å²) in [6.45, 7) is 0. The number of benzene rings is 1. The highest BCUT2D eigenvalue weighted by molar-refractivity contribution is 5.82. The van der Waals surface area contributed by atoms with Gasteiger partial charge in [0.25, 0.3) is 0 Å². The molecule has 19 heavy (non-hydrogen) atoms. The number of nitrogens with zero attached hydrogens (tertiary/aromatic N) is 3. The third-order valence-corrected chi connectivity index (χ3v) is 2.87. The minimum atomic E-state index is -0.902. The first-order chi connectivity index (χ1) is 9.13. The first kappa shape index (κ1) is 11.5. The van der Waals surface area contributed by atoms with E-state index in [1.165, 1.54) is 6.39 Å². The van der Waals surface area contributed by atoms with Gasteiger partial charge in [0.05, 0.1) is 12.1 Å². The van der Waals surface area contributed by atoms with Crippen LogP contribution in [0.2, 0.25) is 0 Å². The summed E-state index contributed by atoms with van der Waals surface area (Å²) < 4.78 is 6.86. The smallest absolute Gasteiger partial charge is 0.309 e. The zero-order valence-corrected chi connectivity index (χ0v) is 10.2. The van der Waals surface area contributed by atoms with Crippen molar-refractivity contribution in [3.63, 3.8) is 0 Å².